The summed E-state index contributed by atoms with van der Waals surface area (Å²) >= 11 is 0. The average Bonchev–Trinajstić information content (AvgIpc) is 2.85. The standard InChI is InChI=1S/C21H22F3N3O2/c1-26-19-5-3-2-4-18(19)25-20(26)13-27-10-11-28-14-17(12-27)29-16-8-6-15(7-9-16)21(22,23)24/h2-9,17H,10-14H2,1H3/t17-/m1/s1. The van der Waals surface area contributed by atoms with E-state index in [0.717, 1.165) is 35.5 Å². The van der Waals surface area contributed by atoms with Gasteiger partial charge in [-0.25, -0.2) is 4.98 Å². The fourth-order valence-corrected chi connectivity index (χ4v) is 3.51. The zero-order valence-electron chi connectivity index (χ0n) is 16.0. The number of nitrogens with zero attached hydrogens (tertiary/aromatic N) is 3. The van der Waals surface area contributed by atoms with Gasteiger partial charge in [-0.1, -0.05) is 12.1 Å². The second kappa shape index (κ2) is 8.04. The van der Waals surface area contributed by atoms with Crippen molar-refractivity contribution in [3.05, 3.63) is 59.9 Å². The first-order valence-corrected chi connectivity index (χ1v) is 9.44. The summed E-state index contributed by atoms with van der Waals surface area (Å²) in [6.07, 6.45) is -4.63. The number of rotatable bonds is 4. The molecule has 0 radical (unpaired) electrons. The molecule has 1 saturated heterocycles. The molecule has 0 saturated carbocycles. The number of hydrogen-bond acceptors (Lipinski definition) is 4. The number of para-hydroxylation sites is 2. The number of ether oxygens (including phenoxy) is 2. The molecule has 0 N–H and O–H groups in total. The predicted octanol–water partition coefficient (Wildman–Crippen LogP) is 3.87. The molecule has 0 spiro atoms. The average molecular weight is 405 g/mol. The van der Waals surface area contributed by atoms with E-state index in [4.69, 9.17) is 14.5 Å². The number of fused-ring (bicyclic) bond motifs is 1. The molecule has 3 aromatic rings. The smallest absolute Gasteiger partial charge is 0.416 e. The lowest BCUT2D eigenvalue weighted by Gasteiger charge is -2.24. The van der Waals surface area contributed by atoms with Gasteiger partial charge in [-0.2, -0.15) is 13.2 Å². The SMILES string of the molecule is Cn1c(CN2CCOC[C@H](Oc3ccc(C(F)(F)F)cc3)C2)nc2ccccc21. The number of aryl methyl sites for hydroxylation is 1. The van der Waals surface area contributed by atoms with E-state index in [1.807, 2.05) is 31.3 Å². The van der Waals surface area contributed by atoms with Gasteiger partial charge in [0, 0.05) is 20.1 Å². The third kappa shape index (κ3) is 4.54. The summed E-state index contributed by atoms with van der Waals surface area (Å²) < 4.78 is 51.8. The molecule has 1 aromatic heterocycles. The zero-order valence-corrected chi connectivity index (χ0v) is 16.0. The van der Waals surface area contributed by atoms with Crippen LogP contribution in [0.4, 0.5) is 13.2 Å². The Balaban J connectivity index is 1.44. The third-order valence-corrected chi connectivity index (χ3v) is 5.05. The van der Waals surface area contributed by atoms with Crippen LogP contribution in [0.5, 0.6) is 5.75 Å². The van der Waals surface area contributed by atoms with Crippen molar-refractivity contribution in [3.8, 4) is 5.75 Å². The van der Waals surface area contributed by atoms with Crippen molar-refractivity contribution in [2.75, 3.05) is 26.3 Å². The van der Waals surface area contributed by atoms with Crippen LogP contribution in [0.2, 0.25) is 0 Å². The monoisotopic (exact) mass is 405 g/mol. The van der Waals surface area contributed by atoms with Gasteiger partial charge in [0.05, 0.1) is 36.4 Å². The minimum atomic E-state index is -4.35. The highest BCUT2D eigenvalue weighted by Gasteiger charge is 2.30. The largest absolute Gasteiger partial charge is 0.487 e. The molecule has 0 amide bonds. The van der Waals surface area contributed by atoms with Gasteiger partial charge in [0.25, 0.3) is 0 Å². The van der Waals surface area contributed by atoms with Crippen molar-refractivity contribution >= 4 is 11.0 Å². The van der Waals surface area contributed by atoms with Crippen LogP contribution in [0.25, 0.3) is 11.0 Å². The first kappa shape index (κ1) is 19.7. The fraction of sp³-hybridized carbons (Fsp3) is 0.381. The van der Waals surface area contributed by atoms with Gasteiger partial charge < -0.3 is 14.0 Å². The molecule has 2 aromatic carbocycles. The Hall–Kier alpha value is -2.58. The summed E-state index contributed by atoms with van der Waals surface area (Å²) in [5.74, 6) is 1.34. The van der Waals surface area contributed by atoms with Crippen molar-refractivity contribution in [3.63, 3.8) is 0 Å². The predicted molar refractivity (Wildman–Crippen MR) is 103 cm³/mol. The number of aromatic nitrogens is 2. The van der Waals surface area contributed by atoms with Gasteiger partial charge >= 0.3 is 6.18 Å². The minimum absolute atomic E-state index is 0.274. The molecule has 0 unspecified atom stereocenters. The Labute approximate surface area is 166 Å². The van der Waals surface area contributed by atoms with Crippen molar-refractivity contribution in [1.29, 1.82) is 0 Å². The Bertz CT molecular complexity index is 969. The molecular weight excluding hydrogens is 383 g/mol. The number of alkyl halides is 3. The van der Waals surface area contributed by atoms with Crippen LogP contribution in [0, 0.1) is 0 Å². The van der Waals surface area contributed by atoms with E-state index in [9.17, 15) is 13.2 Å². The Morgan fingerprint density at radius 2 is 1.90 bits per heavy atom. The summed E-state index contributed by atoms with van der Waals surface area (Å²) in [5, 5.41) is 0. The normalized spacial score (nSPS) is 18.7. The Kier molecular flexibility index (Phi) is 5.47. The molecule has 154 valence electrons. The molecule has 4 rings (SSSR count). The van der Waals surface area contributed by atoms with Crippen LogP contribution in [-0.4, -0.2) is 46.9 Å². The first-order chi connectivity index (χ1) is 13.9. The number of halogens is 3. The van der Waals surface area contributed by atoms with Crippen LogP contribution in [0.15, 0.2) is 48.5 Å². The fourth-order valence-electron chi connectivity index (χ4n) is 3.51. The maximum absolute atomic E-state index is 12.7. The molecule has 1 fully saturated rings. The van der Waals surface area contributed by atoms with E-state index in [1.54, 1.807) is 0 Å². The molecule has 2 heterocycles. The maximum Gasteiger partial charge on any atom is 0.416 e. The molecule has 1 aliphatic rings. The van der Waals surface area contributed by atoms with E-state index in [-0.39, 0.29) is 6.10 Å². The van der Waals surface area contributed by atoms with Crippen LogP contribution in [0.3, 0.4) is 0 Å². The minimum Gasteiger partial charge on any atom is -0.487 e. The van der Waals surface area contributed by atoms with Crippen LogP contribution >= 0.6 is 0 Å². The highest BCUT2D eigenvalue weighted by atomic mass is 19.4. The summed E-state index contributed by atoms with van der Waals surface area (Å²) in [6, 6.07) is 12.7. The van der Waals surface area contributed by atoms with Gasteiger partial charge in [-0.05, 0) is 36.4 Å². The van der Waals surface area contributed by atoms with E-state index < -0.39 is 11.7 Å². The first-order valence-electron chi connectivity index (χ1n) is 9.44. The summed E-state index contributed by atoms with van der Waals surface area (Å²) in [5.41, 5.74) is 1.34. The molecule has 0 bridgehead atoms. The van der Waals surface area contributed by atoms with Gasteiger partial charge in [0.2, 0.25) is 0 Å². The molecule has 8 heteroatoms. The van der Waals surface area contributed by atoms with Gasteiger partial charge in [-0.3, -0.25) is 4.90 Å². The van der Waals surface area contributed by atoms with Gasteiger partial charge in [0.15, 0.2) is 0 Å². The van der Waals surface area contributed by atoms with Gasteiger partial charge in [0.1, 0.15) is 17.7 Å². The van der Waals surface area contributed by atoms with Crippen LogP contribution < -0.4 is 4.74 Å². The second-order valence-electron chi connectivity index (χ2n) is 7.15. The zero-order chi connectivity index (χ0) is 20.4. The molecule has 5 nitrogen and oxygen atoms in total. The molecular formula is C21H22F3N3O2. The summed E-state index contributed by atoms with van der Waals surface area (Å²) in [6.45, 7) is 2.93. The quantitative estimate of drug-likeness (QED) is 0.661. The highest BCUT2D eigenvalue weighted by molar-refractivity contribution is 5.75. The van der Waals surface area contributed by atoms with Crippen LogP contribution in [-0.2, 0) is 24.5 Å². The second-order valence-corrected chi connectivity index (χ2v) is 7.15. The number of imidazole rings is 1. The van der Waals surface area contributed by atoms with Crippen molar-refractivity contribution in [2.24, 2.45) is 7.05 Å². The topological polar surface area (TPSA) is 39.5 Å². The summed E-state index contributed by atoms with van der Waals surface area (Å²) in [7, 11) is 2.00. The molecule has 0 aliphatic carbocycles. The number of hydrogen-bond donors (Lipinski definition) is 0. The maximum atomic E-state index is 12.7. The lowest BCUT2D eigenvalue weighted by molar-refractivity contribution is -0.137. The Morgan fingerprint density at radius 1 is 1.14 bits per heavy atom. The van der Waals surface area contributed by atoms with Crippen molar-refractivity contribution in [2.45, 2.75) is 18.8 Å². The van der Waals surface area contributed by atoms with Crippen molar-refractivity contribution in [1.82, 2.24) is 14.5 Å². The van der Waals surface area contributed by atoms with Gasteiger partial charge in [-0.15, -0.1) is 0 Å². The van der Waals surface area contributed by atoms with E-state index >= 15 is 0 Å². The lowest BCUT2D eigenvalue weighted by atomic mass is 10.2. The number of benzene rings is 2. The van der Waals surface area contributed by atoms with E-state index in [1.165, 1.54) is 12.1 Å². The van der Waals surface area contributed by atoms with E-state index in [0.29, 0.717) is 32.1 Å². The third-order valence-electron chi connectivity index (χ3n) is 5.05. The lowest BCUT2D eigenvalue weighted by Crippen LogP contribution is -2.36. The summed E-state index contributed by atoms with van der Waals surface area (Å²) in [4.78, 5) is 6.91. The molecule has 1 aliphatic heterocycles. The van der Waals surface area contributed by atoms with Crippen LogP contribution in [0.1, 0.15) is 11.4 Å². The molecule has 1 atom stereocenters. The highest BCUT2D eigenvalue weighted by Crippen LogP contribution is 2.30. The Morgan fingerprint density at radius 3 is 2.62 bits per heavy atom. The van der Waals surface area contributed by atoms with Crippen molar-refractivity contribution < 1.29 is 22.6 Å². The molecule has 29 heavy (non-hydrogen) atoms. The van der Waals surface area contributed by atoms with E-state index in [2.05, 4.69) is 9.47 Å².